The van der Waals surface area contributed by atoms with E-state index >= 15 is 0 Å². The third-order valence-electron chi connectivity index (χ3n) is 3.20. The van der Waals surface area contributed by atoms with Crippen molar-refractivity contribution in [3.05, 3.63) is 54.6 Å². The first-order valence-electron chi connectivity index (χ1n) is 6.46. The second-order valence-corrected chi connectivity index (χ2v) is 4.41. The van der Waals surface area contributed by atoms with Crippen LogP contribution in [0.3, 0.4) is 0 Å². The molecule has 0 unspecified atom stereocenters. The molecule has 0 atom stereocenters. The Morgan fingerprint density at radius 3 is 2.79 bits per heavy atom. The number of benzene rings is 2. The van der Waals surface area contributed by atoms with Gasteiger partial charge in [-0.15, -0.1) is 0 Å². The lowest BCUT2D eigenvalue weighted by molar-refractivity contribution is 0.622. The Kier molecular flexibility index (Phi) is 3.14. The molecule has 0 aliphatic rings. The summed E-state index contributed by atoms with van der Waals surface area (Å²) in [6.07, 6.45) is 1.60. The maximum absolute atomic E-state index is 4.25. The first-order chi connectivity index (χ1) is 9.36. The van der Waals surface area contributed by atoms with E-state index in [-0.39, 0.29) is 0 Å². The number of anilines is 1. The third-order valence-corrected chi connectivity index (χ3v) is 3.20. The van der Waals surface area contributed by atoms with Crippen molar-refractivity contribution in [3.8, 4) is 0 Å². The highest BCUT2D eigenvalue weighted by atomic mass is 15.3. The summed E-state index contributed by atoms with van der Waals surface area (Å²) in [5.74, 6) is 0.954. The van der Waals surface area contributed by atoms with Gasteiger partial charge in [0.05, 0.1) is 6.54 Å². The van der Waals surface area contributed by atoms with Gasteiger partial charge in [0.15, 0.2) is 0 Å². The Hall–Kier alpha value is -2.36. The fraction of sp³-hybridized carbons (Fsp3) is 0.200. The highest BCUT2D eigenvalue weighted by Crippen LogP contribution is 2.19. The summed E-state index contributed by atoms with van der Waals surface area (Å²) in [4.78, 5) is 4.25. The van der Waals surface area contributed by atoms with Crippen LogP contribution >= 0.6 is 0 Å². The van der Waals surface area contributed by atoms with Gasteiger partial charge in [0.1, 0.15) is 12.2 Å². The second-order valence-electron chi connectivity index (χ2n) is 4.41. The normalized spacial score (nSPS) is 10.8. The maximum Gasteiger partial charge on any atom is 0.146 e. The summed E-state index contributed by atoms with van der Waals surface area (Å²) in [5.41, 5.74) is 1.10. The van der Waals surface area contributed by atoms with E-state index in [1.807, 2.05) is 4.68 Å². The smallest absolute Gasteiger partial charge is 0.146 e. The summed E-state index contributed by atoms with van der Waals surface area (Å²) >= 11 is 0. The SMILES string of the molecule is CCn1ncnc1CNc1ccc2ccccc2c1. The fourth-order valence-corrected chi connectivity index (χ4v) is 2.17. The number of nitrogens with one attached hydrogen (secondary N) is 1. The van der Waals surface area contributed by atoms with E-state index in [2.05, 4.69) is 64.8 Å². The molecule has 0 amide bonds. The number of aryl methyl sites for hydroxylation is 1. The number of fused-ring (bicyclic) bond motifs is 1. The van der Waals surface area contributed by atoms with Crippen LogP contribution in [0.15, 0.2) is 48.8 Å². The van der Waals surface area contributed by atoms with Crippen LogP contribution in [0.4, 0.5) is 5.69 Å². The minimum atomic E-state index is 0.687. The van der Waals surface area contributed by atoms with Crippen LogP contribution in [0.2, 0.25) is 0 Å². The molecule has 0 saturated carbocycles. The zero-order valence-corrected chi connectivity index (χ0v) is 10.9. The topological polar surface area (TPSA) is 42.7 Å². The monoisotopic (exact) mass is 252 g/mol. The van der Waals surface area contributed by atoms with Gasteiger partial charge in [0, 0.05) is 12.2 Å². The van der Waals surface area contributed by atoms with Crippen molar-refractivity contribution < 1.29 is 0 Å². The fourth-order valence-electron chi connectivity index (χ4n) is 2.17. The summed E-state index contributed by atoms with van der Waals surface area (Å²) in [5, 5.41) is 10.0. The summed E-state index contributed by atoms with van der Waals surface area (Å²) in [7, 11) is 0. The van der Waals surface area contributed by atoms with Crippen molar-refractivity contribution in [2.45, 2.75) is 20.0 Å². The van der Waals surface area contributed by atoms with Gasteiger partial charge in [-0.2, -0.15) is 5.10 Å². The van der Waals surface area contributed by atoms with Gasteiger partial charge in [-0.05, 0) is 29.8 Å². The van der Waals surface area contributed by atoms with Crippen LogP contribution < -0.4 is 5.32 Å². The minimum absolute atomic E-state index is 0.687. The molecule has 4 nitrogen and oxygen atoms in total. The first kappa shape index (κ1) is 11.7. The molecule has 3 aromatic rings. The molecule has 0 saturated heterocycles. The average Bonchev–Trinajstić information content (AvgIpc) is 2.92. The second kappa shape index (κ2) is 5.10. The molecule has 0 aliphatic heterocycles. The standard InChI is InChI=1S/C15H16N4/c1-2-19-15(17-11-18-19)10-16-14-8-7-12-5-3-4-6-13(12)9-14/h3-9,11,16H,2,10H2,1H3. The molecule has 0 radical (unpaired) electrons. The van der Waals surface area contributed by atoms with E-state index in [1.54, 1.807) is 6.33 Å². The zero-order valence-electron chi connectivity index (χ0n) is 10.9. The van der Waals surface area contributed by atoms with E-state index in [0.717, 1.165) is 18.1 Å². The van der Waals surface area contributed by atoms with Crippen LogP contribution in [0.1, 0.15) is 12.7 Å². The Morgan fingerprint density at radius 2 is 1.95 bits per heavy atom. The third kappa shape index (κ3) is 2.42. The van der Waals surface area contributed by atoms with Crippen molar-refractivity contribution in [3.63, 3.8) is 0 Å². The number of aromatic nitrogens is 3. The Morgan fingerprint density at radius 1 is 1.11 bits per heavy atom. The molecule has 0 spiro atoms. The summed E-state index contributed by atoms with van der Waals surface area (Å²) < 4.78 is 1.90. The van der Waals surface area contributed by atoms with Crippen LogP contribution in [0.5, 0.6) is 0 Å². The van der Waals surface area contributed by atoms with E-state index in [1.165, 1.54) is 10.8 Å². The van der Waals surface area contributed by atoms with Gasteiger partial charge >= 0.3 is 0 Å². The van der Waals surface area contributed by atoms with Gasteiger partial charge in [0.2, 0.25) is 0 Å². The van der Waals surface area contributed by atoms with Gasteiger partial charge < -0.3 is 5.32 Å². The molecule has 0 fully saturated rings. The number of nitrogens with zero attached hydrogens (tertiary/aromatic N) is 3. The molecule has 19 heavy (non-hydrogen) atoms. The largest absolute Gasteiger partial charge is 0.378 e. The predicted octanol–water partition coefficient (Wildman–Crippen LogP) is 3.06. The van der Waals surface area contributed by atoms with Gasteiger partial charge in [-0.1, -0.05) is 30.3 Å². The Bertz CT molecular complexity index is 687. The van der Waals surface area contributed by atoms with E-state index < -0.39 is 0 Å². The minimum Gasteiger partial charge on any atom is -0.378 e. The molecule has 2 aromatic carbocycles. The Labute approximate surface area is 112 Å². The van der Waals surface area contributed by atoms with E-state index in [4.69, 9.17) is 0 Å². The highest BCUT2D eigenvalue weighted by Gasteiger charge is 2.02. The van der Waals surface area contributed by atoms with Crippen molar-refractivity contribution in [2.24, 2.45) is 0 Å². The van der Waals surface area contributed by atoms with Crippen molar-refractivity contribution in [2.75, 3.05) is 5.32 Å². The molecule has 1 N–H and O–H groups in total. The molecule has 96 valence electrons. The van der Waals surface area contributed by atoms with Crippen LogP contribution in [0, 0.1) is 0 Å². The number of hydrogen-bond acceptors (Lipinski definition) is 3. The molecular formula is C15H16N4. The van der Waals surface area contributed by atoms with Crippen molar-refractivity contribution >= 4 is 16.5 Å². The first-order valence-corrected chi connectivity index (χ1v) is 6.46. The van der Waals surface area contributed by atoms with Crippen LogP contribution in [-0.4, -0.2) is 14.8 Å². The Balaban J connectivity index is 1.78. The molecule has 3 rings (SSSR count). The van der Waals surface area contributed by atoms with Gasteiger partial charge in [-0.25, -0.2) is 9.67 Å². The van der Waals surface area contributed by atoms with Gasteiger partial charge in [-0.3, -0.25) is 0 Å². The lowest BCUT2D eigenvalue weighted by atomic mass is 10.1. The van der Waals surface area contributed by atoms with E-state index in [0.29, 0.717) is 6.54 Å². The zero-order chi connectivity index (χ0) is 13.1. The lowest BCUT2D eigenvalue weighted by Crippen LogP contribution is -2.08. The van der Waals surface area contributed by atoms with Crippen molar-refractivity contribution in [1.82, 2.24) is 14.8 Å². The number of rotatable bonds is 4. The highest BCUT2D eigenvalue weighted by molar-refractivity contribution is 5.85. The molecule has 1 aromatic heterocycles. The summed E-state index contributed by atoms with van der Waals surface area (Å²) in [6.45, 7) is 3.59. The average molecular weight is 252 g/mol. The molecule has 4 heteroatoms. The molecule has 0 aliphatic carbocycles. The van der Waals surface area contributed by atoms with Crippen molar-refractivity contribution in [1.29, 1.82) is 0 Å². The number of hydrogen-bond donors (Lipinski definition) is 1. The quantitative estimate of drug-likeness (QED) is 0.776. The summed E-state index contributed by atoms with van der Waals surface area (Å²) in [6, 6.07) is 14.7. The van der Waals surface area contributed by atoms with Gasteiger partial charge in [0.25, 0.3) is 0 Å². The molecule has 1 heterocycles. The predicted molar refractivity (Wildman–Crippen MR) is 77.0 cm³/mol. The maximum atomic E-state index is 4.25. The van der Waals surface area contributed by atoms with Crippen LogP contribution in [-0.2, 0) is 13.1 Å². The van der Waals surface area contributed by atoms with Crippen LogP contribution in [0.25, 0.3) is 10.8 Å². The van der Waals surface area contributed by atoms with E-state index in [9.17, 15) is 0 Å². The molecular weight excluding hydrogens is 236 g/mol. The molecule has 0 bridgehead atoms. The lowest BCUT2D eigenvalue weighted by Gasteiger charge is -2.08.